The molecule has 0 radical (unpaired) electrons. The molecule has 4 nitrogen and oxygen atoms in total. The minimum atomic E-state index is 0.0583. The summed E-state index contributed by atoms with van der Waals surface area (Å²) < 4.78 is 7.59. The molecule has 1 aromatic heterocycles. The third-order valence-corrected chi connectivity index (χ3v) is 3.74. The lowest BCUT2D eigenvalue weighted by atomic mass is 10.2. The molecule has 1 amide bonds. The fourth-order valence-electron chi connectivity index (χ4n) is 2.54. The molecule has 114 valence electrons. The highest BCUT2D eigenvalue weighted by atomic mass is 16.5. The molecular formula is C17H24N2O2. The Bertz CT molecular complexity index is 600. The molecule has 0 aliphatic carbocycles. The number of carbonyl (C=O) groups is 1. The number of ether oxygens (including phenoxy) is 1. The minimum Gasteiger partial charge on any atom is -0.493 e. The van der Waals surface area contributed by atoms with Crippen LogP contribution in [0.1, 0.15) is 33.6 Å². The Hall–Kier alpha value is -1.97. The SMILES string of the molecule is CCOc1cccc2c1ccn2CC(=O)NC(CC)CC. The number of hydrogen-bond donors (Lipinski definition) is 1. The van der Waals surface area contributed by atoms with Gasteiger partial charge in [-0.1, -0.05) is 19.9 Å². The molecule has 1 N–H and O–H groups in total. The summed E-state index contributed by atoms with van der Waals surface area (Å²) in [5, 5.41) is 4.12. The van der Waals surface area contributed by atoms with Gasteiger partial charge < -0.3 is 14.6 Å². The topological polar surface area (TPSA) is 43.3 Å². The molecular weight excluding hydrogens is 264 g/mol. The van der Waals surface area contributed by atoms with E-state index in [1.54, 1.807) is 0 Å². The standard InChI is InChI=1S/C17H24N2O2/c1-4-13(5-2)18-17(20)12-19-11-10-14-15(19)8-7-9-16(14)21-6-3/h7-11,13H,4-6,12H2,1-3H3,(H,18,20). The largest absolute Gasteiger partial charge is 0.493 e. The molecule has 0 spiro atoms. The van der Waals surface area contributed by atoms with Crippen LogP contribution >= 0.6 is 0 Å². The Kier molecular flexibility index (Phi) is 5.26. The molecule has 0 saturated heterocycles. The molecule has 0 atom stereocenters. The Labute approximate surface area is 126 Å². The summed E-state index contributed by atoms with van der Waals surface area (Å²) in [5.74, 6) is 0.928. The smallest absolute Gasteiger partial charge is 0.240 e. The zero-order valence-corrected chi connectivity index (χ0v) is 13.1. The van der Waals surface area contributed by atoms with Crippen molar-refractivity contribution >= 4 is 16.8 Å². The zero-order chi connectivity index (χ0) is 15.2. The maximum atomic E-state index is 12.1. The summed E-state index contributed by atoms with van der Waals surface area (Å²) in [6, 6.07) is 8.20. The van der Waals surface area contributed by atoms with Crippen LogP contribution in [0.25, 0.3) is 10.9 Å². The van der Waals surface area contributed by atoms with Crippen molar-refractivity contribution in [2.24, 2.45) is 0 Å². The van der Waals surface area contributed by atoms with Gasteiger partial charge in [0.05, 0.1) is 12.1 Å². The van der Waals surface area contributed by atoms with E-state index in [9.17, 15) is 4.79 Å². The molecule has 0 aliphatic rings. The Balaban J connectivity index is 2.16. The number of amides is 1. The van der Waals surface area contributed by atoms with Crippen LogP contribution in [0.5, 0.6) is 5.75 Å². The van der Waals surface area contributed by atoms with Crippen molar-refractivity contribution < 1.29 is 9.53 Å². The average molecular weight is 288 g/mol. The van der Waals surface area contributed by atoms with Gasteiger partial charge in [0, 0.05) is 17.6 Å². The lowest BCUT2D eigenvalue weighted by Gasteiger charge is -2.15. The van der Waals surface area contributed by atoms with Crippen LogP contribution < -0.4 is 10.1 Å². The van der Waals surface area contributed by atoms with E-state index in [0.29, 0.717) is 13.2 Å². The second-order valence-corrected chi connectivity index (χ2v) is 5.15. The second-order valence-electron chi connectivity index (χ2n) is 5.15. The van der Waals surface area contributed by atoms with Gasteiger partial charge in [-0.25, -0.2) is 0 Å². The molecule has 4 heteroatoms. The molecule has 2 rings (SSSR count). The summed E-state index contributed by atoms with van der Waals surface area (Å²) in [4.78, 5) is 12.1. The lowest BCUT2D eigenvalue weighted by Crippen LogP contribution is -2.36. The maximum Gasteiger partial charge on any atom is 0.240 e. The van der Waals surface area contributed by atoms with E-state index in [2.05, 4.69) is 19.2 Å². The summed E-state index contributed by atoms with van der Waals surface area (Å²) in [6.45, 7) is 7.13. The third kappa shape index (κ3) is 3.57. The van der Waals surface area contributed by atoms with E-state index in [1.165, 1.54) is 0 Å². The number of hydrogen-bond acceptors (Lipinski definition) is 2. The predicted molar refractivity (Wildman–Crippen MR) is 85.6 cm³/mol. The van der Waals surface area contributed by atoms with Gasteiger partial charge in [-0.2, -0.15) is 0 Å². The Morgan fingerprint density at radius 3 is 2.67 bits per heavy atom. The first kappa shape index (κ1) is 15.4. The van der Waals surface area contributed by atoms with Gasteiger partial charge in [-0.3, -0.25) is 4.79 Å². The van der Waals surface area contributed by atoms with Crippen LogP contribution in [0.3, 0.4) is 0 Å². The first-order valence-electron chi connectivity index (χ1n) is 7.69. The zero-order valence-electron chi connectivity index (χ0n) is 13.1. The highest BCUT2D eigenvalue weighted by molar-refractivity contribution is 5.88. The molecule has 1 heterocycles. The van der Waals surface area contributed by atoms with E-state index in [0.717, 1.165) is 29.5 Å². The number of nitrogens with zero attached hydrogens (tertiary/aromatic N) is 1. The lowest BCUT2D eigenvalue weighted by molar-refractivity contribution is -0.122. The van der Waals surface area contributed by atoms with Gasteiger partial charge in [-0.05, 0) is 38.0 Å². The molecule has 0 saturated carbocycles. The maximum absolute atomic E-state index is 12.1. The van der Waals surface area contributed by atoms with Crippen LogP contribution in [0, 0.1) is 0 Å². The number of fused-ring (bicyclic) bond motifs is 1. The van der Waals surface area contributed by atoms with E-state index in [1.807, 2.05) is 42.0 Å². The number of nitrogens with one attached hydrogen (secondary N) is 1. The first-order chi connectivity index (χ1) is 10.2. The normalized spacial score (nSPS) is 11.0. The van der Waals surface area contributed by atoms with Crippen molar-refractivity contribution in [3.63, 3.8) is 0 Å². The van der Waals surface area contributed by atoms with Crippen LogP contribution in [0.2, 0.25) is 0 Å². The van der Waals surface area contributed by atoms with Gasteiger partial charge in [0.15, 0.2) is 0 Å². The van der Waals surface area contributed by atoms with Gasteiger partial charge >= 0.3 is 0 Å². The number of carbonyl (C=O) groups excluding carboxylic acids is 1. The number of aromatic nitrogens is 1. The average Bonchev–Trinajstić information content (AvgIpc) is 2.89. The highest BCUT2D eigenvalue weighted by Crippen LogP contribution is 2.26. The molecule has 2 aromatic rings. The van der Waals surface area contributed by atoms with Crippen molar-refractivity contribution in [2.45, 2.75) is 46.2 Å². The van der Waals surface area contributed by atoms with Crippen molar-refractivity contribution in [1.29, 1.82) is 0 Å². The van der Waals surface area contributed by atoms with Crippen molar-refractivity contribution in [3.05, 3.63) is 30.5 Å². The van der Waals surface area contributed by atoms with Crippen molar-refractivity contribution in [3.8, 4) is 5.75 Å². The fraction of sp³-hybridized carbons (Fsp3) is 0.471. The van der Waals surface area contributed by atoms with Gasteiger partial charge in [-0.15, -0.1) is 0 Å². The van der Waals surface area contributed by atoms with E-state index < -0.39 is 0 Å². The Morgan fingerprint density at radius 1 is 1.24 bits per heavy atom. The van der Waals surface area contributed by atoms with Gasteiger partial charge in [0.2, 0.25) is 5.91 Å². The minimum absolute atomic E-state index is 0.0583. The van der Waals surface area contributed by atoms with Gasteiger partial charge in [0.1, 0.15) is 12.3 Å². The Morgan fingerprint density at radius 2 is 2.00 bits per heavy atom. The quantitative estimate of drug-likeness (QED) is 0.849. The fourth-order valence-corrected chi connectivity index (χ4v) is 2.54. The number of benzene rings is 1. The third-order valence-electron chi connectivity index (χ3n) is 3.74. The second kappa shape index (κ2) is 7.16. The van der Waals surface area contributed by atoms with Crippen molar-refractivity contribution in [1.82, 2.24) is 9.88 Å². The van der Waals surface area contributed by atoms with Crippen LogP contribution in [0.15, 0.2) is 30.5 Å². The van der Waals surface area contributed by atoms with E-state index >= 15 is 0 Å². The monoisotopic (exact) mass is 288 g/mol. The predicted octanol–water partition coefficient (Wildman–Crippen LogP) is 3.34. The molecule has 0 unspecified atom stereocenters. The van der Waals surface area contributed by atoms with Crippen LogP contribution in [0.4, 0.5) is 0 Å². The summed E-state index contributed by atoms with van der Waals surface area (Å²) >= 11 is 0. The summed E-state index contributed by atoms with van der Waals surface area (Å²) in [5.41, 5.74) is 1.03. The summed E-state index contributed by atoms with van der Waals surface area (Å²) in [7, 11) is 0. The van der Waals surface area contributed by atoms with E-state index in [4.69, 9.17) is 4.74 Å². The van der Waals surface area contributed by atoms with E-state index in [-0.39, 0.29) is 11.9 Å². The molecule has 0 bridgehead atoms. The summed E-state index contributed by atoms with van der Waals surface area (Å²) in [6.07, 6.45) is 3.87. The molecule has 0 aliphatic heterocycles. The van der Waals surface area contributed by atoms with Crippen molar-refractivity contribution in [2.75, 3.05) is 6.61 Å². The number of rotatable bonds is 7. The van der Waals surface area contributed by atoms with Gasteiger partial charge in [0.25, 0.3) is 0 Å². The molecule has 21 heavy (non-hydrogen) atoms. The highest BCUT2D eigenvalue weighted by Gasteiger charge is 2.11. The van der Waals surface area contributed by atoms with Crippen LogP contribution in [-0.4, -0.2) is 23.1 Å². The molecule has 1 aromatic carbocycles. The van der Waals surface area contributed by atoms with Crippen LogP contribution in [-0.2, 0) is 11.3 Å². The molecule has 0 fully saturated rings. The first-order valence-corrected chi connectivity index (χ1v) is 7.69.